The van der Waals surface area contributed by atoms with Crippen LogP contribution in [-0.4, -0.2) is 192 Å². The summed E-state index contributed by atoms with van der Waals surface area (Å²) in [4.78, 5) is 53.0. The highest BCUT2D eigenvalue weighted by Gasteiger charge is 2.52. The lowest BCUT2D eigenvalue weighted by Gasteiger charge is -2.48. The largest absolute Gasteiger partial charge is 0.391 e. The van der Waals surface area contributed by atoms with E-state index in [0.717, 1.165) is 107 Å². The van der Waals surface area contributed by atoms with Crippen LogP contribution in [0.5, 0.6) is 0 Å². The van der Waals surface area contributed by atoms with Crippen LogP contribution < -0.4 is 0 Å². The second kappa shape index (κ2) is 27.2. The molecule has 0 bridgehead atoms. The van der Waals surface area contributed by atoms with E-state index in [1.54, 1.807) is 0 Å². The van der Waals surface area contributed by atoms with Crippen molar-refractivity contribution < 1.29 is 33.7 Å². The molecule has 444 valence electrons. The number of carbonyl (C=O) groups excluding carboxylic acids is 3. The van der Waals surface area contributed by atoms with Gasteiger partial charge in [-0.15, -0.1) is 0 Å². The van der Waals surface area contributed by atoms with Gasteiger partial charge in [-0.3, -0.25) is 29.1 Å². The van der Waals surface area contributed by atoms with Gasteiger partial charge in [0.25, 0.3) is 0 Å². The second-order valence-electron chi connectivity index (χ2n) is 26.8. The molecule has 0 radical (unpaired) electrons. The molecule has 3 aromatic rings. The normalized spacial score (nSPS) is 34.2. The number of aliphatic hydroxyl groups excluding tert-OH is 1. The topological polar surface area (TPSA) is 119 Å². The minimum Gasteiger partial charge on any atom is -0.391 e. The van der Waals surface area contributed by atoms with Crippen LogP contribution in [0.15, 0.2) is 91.0 Å². The Morgan fingerprint density at radius 3 is 0.988 bits per heavy atom. The minimum absolute atomic E-state index is 0.0620. The zero-order valence-electron chi connectivity index (χ0n) is 50.1. The van der Waals surface area contributed by atoms with Crippen molar-refractivity contribution in [3.8, 4) is 0 Å². The molecule has 3 aromatic carbocycles. The van der Waals surface area contributed by atoms with E-state index in [9.17, 15) is 19.5 Å². The molecule has 3 aliphatic carbocycles. The Bertz CT molecular complexity index is 2200. The van der Waals surface area contributed by atoms with Gasteiger partial charge in [0.1, 0.15) is 0 Å². The number of nitrogens with zero attached hydrogens (tertiary/aromatic N) is 6. The molecule has 6 saturated heterocycles. The number of aliphatic hydroxyl groups is 1. The molecule has 3 spiro atoms. The lowest BCUT2D eigenvalue weighted by molar-refractivity contribution is -0.137. The maximum absolute atomic E-state index is 13.0. The number of carbonyl (C=O) groups is 3. The van der Waals surface area contributed by atoms with Crippen LogP contribution in [0, 0.1) is 11.8 Å². The predicted octanol–water partition coefficient (Wildman–Crippen LogP) is 9.22. The quantitative estimate of drug-likeness (QED) is 0.188. The fourth-order valence-corrected chi connectivity index (χ4v) is 16.5. The van der Waals surface area contributed by atoms with Crippen molar-refractivity contribution in [3.63, 3.8) is 0 Å². The number of hydrogen-bond donors (Lipinski definition) is 1. The summed E-state index contributed by atoms with van der Waals surface area (Å²) in [5.41, 5.74) is 3.21. The highest BCUT2D eigenvalue weighted by molar-refractivity contribution is 5.80. The summed E-state index contributed by atoms with van der Waals surface area (Å²) < 4.78 is 18.8. The van der Waals surface area contributed by atoms with Crippen LogP contribution in [-0.2, 0) is 47.9 Å². The Hall–Kier alpha value is -4.21. The molecule has 3 unspecified atom stereocenters. The lowest BCUT2D eigenvalue weighted by atomic mass is 9.75. The van der Waals surface area contributed by atoms with E-state index in [1.807, 2.05) is 117 Å². The molecule has 3 saturated carbocycles. The van der Waals surface area contributed by atoms with Crippen LogP contribution in [0.25, 0.3) is 0 Å². The monoisotopic (exact) mass is 1110 g/mol. The van der Waals surface area contributed by atoms with Crippen LogP contribution in [0.4, 0.5) is 0 Å². The van der Waals surface area contributed by atoms with Crippen LogP contribution in [0.3, 0.4) is 0 Å². The lowest BCUT2D eigenvalue weighted by Crippen LogP contribution is -2.58. The Morgan fingerprint density at radius 1 is 0.444 bits per heavy atom. The first-order valence-corrected chi connectivity index (χ1v) is 31.9. The van der Waals surface area contributed by atoms with E-state index < -0.39 is 0 Å². The van der Waals surface area contributed by atoms with E-state index in [-0.39, 0.29) is 46.7 Å². The molecule has 6 heterocycles. The van der Waals surface area contributed by atoms with Gasteiger partial charge in [-0.25, -0.2) is 0 Å². The number of amides is 3. The van der Waals surface area contributed by atoms with Crippen molar-refractivity contribution in [1.29, 1.82) is 0 Å². The number of likely N-dealkylation sites (N-methyl/N-ethyl adjacent to an activating group) is 3. The van der Waals surface area contributed by atoms with E-state index >= 15 is 0 Å². The van der Waals surface area contributed by atoms with E-state index in [1.165, 1.54) is 77.5 Å². The minimum atomic E-state index is -0.335. The number of hydrogen-bond acceptors (Lipinski definition) is 10. The average Bonchev–Trinajstić information content (AvgIpc) is 4.57. The molecule has 13 nitrogen and oxygen atoms in total. The Morgan fingerprint density at radius 2 is 0.728 bits per heavy atom. The zero-order valence-corrected chi connectivity index (χ0v) is 50.1. The number of rotatable bonds is 12. The van der Waals surface area contributed by atoms with Gasteiger partial charge in [0.15, 0.2) is 0 Å². The van der Waals surface area contributed by atoms with Gasteiger partial charge in [0.05, 0.1) is 48.8 Å². The van der Waals surface area contributed by atoms with Gasteiger partial charge >= 0.3 is 0 Å². The van der Waals surface area contributed by atoms with Crippen LogP contribution >= 0.6 is 0 Å². The highest BCUT2D eigenvalue weighted by Crippen LogP contribution is 2.47. The summed E-state index contributed by atoms with van der Waals surface area (Å²) in [7, 11) is 6.02. The smallest absolute Gasteiger partial charge is 0.227 e. The molecule has 13 heteroatoms. The molecule has 1 N–H and O–H groups in total. The summed E-state index contributed by atoms with van der Waals surface area (Å²) in [6, 6.07) is 32.3. The summed E-state index contributed by atoms with van der Waals surface area (Å²) >= 11 is 0. The molecule has 12 atom stereocenters. The third kappa shape index (κ3) is 14.8. The molecule has 0 aromatic heterocycles. The van der Waals surface area contributed by atoms with Gasteiger partial charge in [-0.1, -0.05) is 105 Å². The van der Waals surface area contributed by atoms with Gasteiger partial charge in [0.2, 0.25) is 17.7 Å². The standard InChI is InChI=1S/2C23H34N2O2.C22H32N2O3/c2*1-18-15-23(27-17-18)11-10-20(21(16-23)25-12-6-7-13-25)24(2)22(26)14-19-8-4-3-5-9-19;1-23(21(26)13-17-7-3-2-4-8-17)19-9-10-22(14-18(25)16-27-22)15-20(19)24-11-5-6-12-24/h2*3-5,8-9,18,20-21H,6-7,10-17H2,1-2H3;2-4,7-8,18-20,25H,5-6,9-16H2,1H3/t2*18?,20-,21-,23+;18?,19-,20-,22+/m000/s1. The molecule has 9 aliphatic rings. The molecule has 81 heavy (non-hydrogen) atoms. The fourth-order valence-electron chi connectivity index (χ4n) is 16.5. The summed E-state index contributed by atoms with van der Waals surface area (Å²) in [5.74, 6) is 2.01. The highest BCUT2D eigenvalue weighted by atomic mass is 16.5. The van der Waals surface area contributed by atoms with Crippen molar-refractivity contribution in [2.45, 2.75) is 208 Å². The van der Waals surface area contributed by atoms with Gasteiger partial charge in [0, 0.05) is 77.0 Å². The maximum Gasteiger partial charge on any atom is 0.227 e. The summed E-state index contributed by atoms with van der Waals surface area (Å²) in [6.45, 7) is 13.8. The molecular formula is C68H100N6O7. The molecule has 9 fully saturated rings. The fraction of sp³-hybridized carbons (Fsp3) is 0.691. The zero-order chi connectivity index (χ0) is 56.6. The van der Waals surface area contributed by atoms with Crippen LogP contribution in [0.1, 0.15) is 146 Å². The maximum atomic E-state index is 13.0. The van der Waals surface area contributed by atoms with Crippen molar-refractivity contribution >= 4 is 17.7 Å². The Balaban J connectivity index is 0.000000136. The Labute approximate surface area is 486 Å². The van der Waals surface area contributed by atoms with Crippen molar-refractivity contribution in [1.82, 2.24) is 29.4 Å². The van der Waals surface area contributed by atoms with E-state index in [2.05, 4.69) is 38.3 Å². The molecule has 3 amide bonds. The van der Waals surface area contributed by atoms with Gasteiger partial charge < -0.3 is 34.0 Å². The van der Waals surface area contributed by atoms with Crippen molar-refractivity contribution in [2.75, 3.05) is 80.2 Å². The first kappa shape index (κ1) is 59.9. The first-order chi connectivity index (χ1) is 39.2. The third-order valence-corrected chi connectivity index (χ3v) is 20.8. The number of likely N-dealkylation sites (tertiary alicyclic amines) is 3. The average molecular weight is 1110 g/mol. The van der Waals surface area contributed by atoms with Crippen molar-refractivity contribution in [2.24, 2.45) is 11.8 Å². The first-order valence-electron chi connectivity index (χ1n) is 31.9. The third-order valence-electron chi connectivity index (χ3n) is 20.8. The van der Waals surface area contributed by atoms with E-state index in [4.69, 9.17) is 14.2 Å². The van der Waals surface area contributed by atoms with Crippen molar-refractivity contribution in [3.05, 3.63) is 108 Å². The predicted molar refractivity (Wildman–Crippen MR) is 320 cm³/mol. The van der Waals surface area contributed by atoms with Crippen LogP contribution in [0.2, 0.25) is 0 Å². The summed E-state index contributed by atoms with van der Waals surface area (Å²) in [5, 5.41) is 10.0. The number of ether oxygens (including phenoxy) is 3. The number of benzene rings is 3. The SMILES string of the molecule is CC1CO[C@]2(CC[C@H](N(C)C(=O)Cc3ccccc3)[C@@H](N3CCCC3)C2)C1.CC1CO[C@]2(CC[C@H](N(C)C(=O)Cc3ccccc3)[C@@H](N3CCCC3)C2)C1.CN(C(=O)Cc1ccccc1)[C@H]1CC[C@@]2(CC(O)CO2)C[C@@H]1N1CCCC1. The second-order valence-corrected chi connectivity index (χ2v) is 26.8. The molecular weight excluding hydrogens is 1010 g/mol. The Kier molecular flexibility index (Phi) is 20.1. The summed E-state index contributed by atoms with van der Waals surface area (Å²) in [6.07, 6.45) is 21.2. The van der Waals surface area contributed by atoms with E-state index in [0.29, 0.717) is 67.9 Å². The molecule has 12 rings (SSSR count). The van der Waals surface area contributed by atoms with Gasteiger partial charge in [-0.05, 0) is 177 Å². The van der Waals surface area contributed by atoms with Gasteiger partial charge in [-0.2, -0.15) is 0 Å². The molecule has 6 aliphatic heterocycles.